The molecule has 0 saturated heterocycles. The third kappa shape index (κ3) is 4.21. The lowest BCUT2D eigenvalue weighted by atomic mass is 9.97. The van der Waals surface area contributed by atoms with E-state index in [4.69, 9.17) is 14.2 Å². The van der Waals surface area contributed by atoms with E-state index in [-0.39, 0.29) is 11.5 Å². The number of hydrogen-bond acceptors (Lipinski definition) is 6. The monoisotopic (exact) mass is 458 g/mol. The van der Waals surface area contributed by atoms with Crippen LogP contribution in [0.15, 0.2) is 79.1 Å². The molecule has 0 aliphatic carbocycles. The lowest BCUT2D eigenvalue weighted by Gasteiger charge is -2.14. The van der Waals surface area contributed by atoms with Crippen LogP contribution in [-0.4, -0.2) is 36.6 Å². The topological polar surface area (TPSA) is 92.8 Å². The number of aromatic nitrogens is 1. The molecule has 0 N–H and O–H groups in total. The molecule has 0 spiro atoms. The fourth-order valence-corrected chi connectivity index (χ4v) is 3.77. The van der Waals surface area contributed by atoms with Gasteiger partial charge in [-0.2, -0.15) is 0 Å². The molecule has 3 aromatic carbocycles. The van der Waals surface area contributed by atoms with Crippen molar-refractivity contribution >= 4 is 11.5 Å². The Morgan fingerprint density at radius 3 is 2.12 bits per heavy atom. The molecule has 0 aliphatic rings. The Kier molecular flexibility index (Phi) is 6.31. The summed E-state index contributed by atoms with van der Waals surface area (Å²) in [5.74, 6) is 0.857. The van der Waals surface area contributed by atoms with Gasteiger partial charge in [0.15, 0.2) is 17.3 Å². The van der Waals surface area contributed by atoms with Crippen LogP contribution >= 0.6 is 0 Å². The minimum atomic E-state index is -0.451. The van der Waals surface area contributed by atoms with Gasteiger partial charge in [-0.25, -0.2) is 0 Å². The number of nitrogens with zero attached hydrogens (tertiary/aromatic N) is 2. The maximum atomic E-state index is 13.7. The molecule has 34 heavy (non-hydrogen) atoms. The number of hydrogen-bond donors (Lipinski definition) is 0. The van der Waals surface area contributed by atoms with Crippen LogP contribution in [0.1, 0.15) is 15.9 Å². The van der Waals surface area contributed by atoms with E-state index in [1.165, 1.54) is 33.5 Å². The van der Waals surface area contributed by atoms with Crippen molar-refractivity contribution in [1.82, 2.24) is 4.57 Å². The van der Waals surface area contributed by atoms with Gasteiger partial charge in [0.05, 0.1) is 31.9 Å². The van der Waals surface area contributed by atoms with Crippen molar-refractivity contribution in [2.75, 3.05) is 21.3 Å². The Bertz CT molecular complexity index is 1340. The molecule has 172 valence electrons. The molecule has 0 atom stereocenters. The molecular formula is C26H22N2O6. The first kappa shape index (κ1) is 22.6. The number of ketones is 1. The predicted octanol–water partition coefficient (Wildman–Crippen LogP) is 5.31. The number of non-ortho nitro benzene ring substituents is 1. The Hall–Kier alpha value is -4.59. The Morgan fingerprint density at radius 2 is 1.53 bits per heavy atom. The van der Waals surface area contributed by atoms with Gasteiger partial charge in [0.2, 0.25) is 5.75 Å². The summed E-state index contributed by atoms with van der Waals surface area (Å²) in [6.45, 7) is 0. The van der Waals surface area contributed by atoms with Crippen LogP contribution in [0.4, 0.5) is 5.69 Å². The maximum absolute atomic E-state index is 13.7. The van der Waals surface area contributed by atoms with Crippen LogP contribution in [0.25, 0.3) is 16.8 Å². The van der Waals surface area contributed by atoms with Gasteiger partial charge in [0.1, 0.15) is 0 Å². The van der Waals surface area contributed by atoms with Gasteiger partial charge in [-0.1, -0.05) is 36.4 Å². The van der Waals surface area contributed by atoms with Crippen molar-refractivity contribution in [1.29, 1.82) is 0 Å². The van der Waals surface area contributed by atoms with E-state index in [9.17, 15) is 14.9 Å². The van der Waals surface area contributed by atoms with E-state index in [0.29, 0.717) is 39.6 Å². The van der Waals surface area contributed by atoms with Crippen LogP contribution in [-0.2, 0) is 0 Å². The second-order valence-corrected chi connectivity index (χ2v) is 7.38. The van der Waals surface area contributed by atoms with Crippen LogP contribution in [0.5, 0.6) is 17.2 Å². The minimum Gasteiger partial charge on any atom is -0.493 e. The zero-order valence-corrected chi connectivity index (χ0v) is 18.8. The summed E-state index contributed by atoms with van der Waals surface area (Å²) >= 11 is 0. The maximum Gasteiger partial charge on any atom is 0.271 e. The molecule has 1 aromatic heterocycles. The number of carbonyl (C=O) groups excluding carboxylic acids is 1. The zero-order chi connectivity index (χ0) is 24.2. The van der Waals surface area contributed by atoms with E-state index < -0.39 is 4.92 Å². The summed E-state index contributed by atoms with van der Waals surface area (Å²) in [6.07, 6.45) is 3.46. The molecule has 0 unspecified atom stereocenters. The standard InChI is InChI=1S/C26H22N2O6/c1-32-23-12-18(13-24(33-2)26(23)34-3)25(29)22-16-27(15-21(22)17-8-5-4-6-9-17)19-10-7-11-20(14-19)28(30)31/h4-16H,1-3H3. The van der Waals surface area contributed by atoms with E-state index in [1.807, 2.05) is 30.3 Å². The molecule has 1 heterocycles. The summed E-state index contributed by atoms with van der Waals surface area (Å²) in [5.41, 5.74) is 2.82. The van der Waals surface area contributed by atoms with Crippen molar-refractivity contribution < 1.29 is 23.9 Å². The van der Waals surface area contributed by atoms with Gasteiger partial charge in [-0.15, -0.1) is 0 Å². The van der Waals surface area contributed by atoms with Gasteiger partial charge in [0.25, 0.3) is 5.69 Å². The molecule has 4 aromatic rings. The molecule has 0 radical (unpaired) electrons. The number of ether oxygens (including phenoxy) is 3. The summed E-state index contributed by atoms with van der Waals surface area (Å²) in [4.78, 5) is 24.5. The Balaban J connectivity index is 1.88. The number of methoxy groups -OCH3 is 3. The molecule has 0 fully saturated rings. The van der Waals surface area contributed by atoms with E-state index >= 15 is 0 Å². The smallest absolute Gasteiger partial charge is 0.271 e. The predicted molar refractivity (Wildman–Crippen MR) is 127 cm³/mol. The van der Waals surface area contributed by atoms with Gasteiger partial charge in [0, 0.05) is 41.2 Å². The average Bonchev–Trinajstić information content (AvgIpc) is 3.33. The van der Waals surface area contributed by atoms with Gasteiger partial charge < -0.3 is 18.8 Å². The third-order valence-electron chi connectivity index (χ3n) is 5.42. The summed E-state index contributed by atoms with van der Waals surface area (Å²) in [5, 5.41) is 11.3. The Labute approximate surface area is 196 Å². The quantitative estimate of drug-likeness (QED) is 0.202. The SMILES string of the molecule is COc1cc(C(=O)c2cn(-c3cccc([N+](=O)[O-])c3)cc2-c2ccccc2)cc(OC)c1OC. The lowest BCUT2D eigenvalue weighted by Crippen LogP contribution is -2.04. The highest BCUT2D eigenvalue weighted by Gasteiger charge is 2.22. The van der Waals surface area contributed by atoms with Gasteiger partial charge in [-0.05, 0) is 23.8 Å². The Morgan fingerprint density at radius 1 is 0.853 bits per heavy atom. The molecule has 0 amide bonds. The zero-order valence-electron chi connectivity index (χ0n) is 18.8. The highest BCUT2D eigenvalue weighted by Crippen LogP contribution is 2.39. The number of benzene rings is 3. The summed E-state index contributed by atoms with van der Waals surface area (Å²) < 4.78 is 17.9. The van der Waals surface area contributed by atoms with Crippen molar-refractivity contribution in [3.63, 3.8) is 0 Å². The highest BCUT2D eigenvalue weighted by atomic mass is 16.6. The number of rotatable bonds is 8. The normalized spacial score (nSPS) is 10.6. The molecular weight excluding hydrogens is 436 g/mol. The number of nitro groups is 1. The van der Waals surface area contributed by atoms with Crippen LogP contribution in [0.3, 0.4) is 0 Å². The van der Waals surface area contributed by atoms with E-state index in [1.54, 1.807) is 41.2 Å². The van der Waals surface area contributed by atoms with Gasteiger partial charge in [-0.3, -0.25) is 14.9 Å². The van der Waals surface area contributed by atoms with Crippen LogP contribution in [0.2, 0.25) is 0 Å². The first-order valence-corrected chi connectivity index (χ1v) is 10.3. The number of nitro benzene ring substituents is 1. The third-order valence-corrected chi connectivity index (χ3v) is 5.42. The molecule has 4 rings (SSSR count). The first-order chi connectivity index (χ1) is 16.5. The molecule has 0 aliphatic heterocycles. The average molecular weight is 458 g/mol. The number of carbonyl (C=O) groups is 1. The second-order valence-electron chi connectivity index (χ2n) is 7.38. The van der Waals surface area contributed by atoms with E-state index in [2.05, 4.69) is 0 Å². The van der Waals surface area contributed by atoms with Crippen molar-refractivity contribution in [3.05, 3.63) is 100 Å². The molecule has 8 heteroatoms. The molecule has 8 nitrogen and oxygen atoms in total. The second kappa shape index (κ2) is 9.50. The highest BCUT2D eigenvalue weighted by molar-refractivity contribution is 6.13. The van der Waals surface area contributed by atoms with Crippen molar-refractivity contribution in [3.8, 4) is 34.1 Å². The van der Waals surface area contributed by atoms with Crippen LogP contribution in [0, 0.1) is 10.1 Å². The van der Waals surface area contributed by atoms with Gasteiger partial charge >= 0.3 is 0 Å². The fraction of sp³-hybridized carbons (Fsp3) is 0.115. The largest absolute Gasteiger partial charge is 0.493 e. The fourth-order valence-electron chi connectivity index (χ4n) is 3.77. The van der Waals surface area contributed by atoms with Crippen LogP contribution < -0.4 is 14.2 Å². The molecule has 0 bridgehead atoms. The van der Waals surface area contributed by atoms with E-state index in [0.717, 1.165) is 5.56 Å². The lowest BCUT2D eigenvalue weighted by molar-refractivity contribution is -0.384. The summed E-state index contributed by atoms with van der Waals surface area (Å²) in [6, 6.07) is 18.9. The van der Waals surface area contributed by atoms with Crippen molar-refractivity contribution in [2.24, 2.45) is 0 Å². The summed E-state index contributed by atoms with van der Waals surface area (Å²) in [7, 11) is 4.47. The van der Waals surface area contributed by atoms with Crippen molar-refractivity contribution in [2.45, 2.75) is 0 Å². The molecule has 0 saturated carbocycles. The minimum absolute atomic E-state index is 0.0371. The first-order valence-electron chi connectivity index (χ1n) is 10.3.